The summed E-state index contributed by atoms with van der Waals surface area (Å²) in [6, 6.07) is 5.60. The van der Waals surface area contributed by atoms with Crippen LogP contribution in [-0.4, -0.2) is 10.1 Å². The number of hydrogen-bond acceptors (Lipinski definition) is 3. The summed E-state index contributed by atoms with van der Waals surface area (Å²) in [6.07, 6.45) is 3.11. The molecule has 0 bridgehead atoms. The van der Waals surface area contributed by atoms with Crippen LogP contribution in [0.2, 0.25) is 0 Å². The smallest absolute Gasteiger partial charge is 0.140 e. The number of aliphatic hydroxyl groups excluding tert-OH is 1. The van der Waals surface area contributed by atoms with Gasteiger partial charge in [-0.2, -0.15) is 0 Å². The number of aromatic nitrogens is 1. The predicted octanol–water partition coefficient (Wildman–Crippen LogP) is 3.00. The maximum absolute atomic E-state index is 13.6. The summed E-state index contributed by atoms with van der Waals surface area (Å²) in [5.41, 5.74) is 0.221. The number of pyridine rings is 1. The second kappa shape index (κ2) is 5.25. The molecule has 0 spiro atoms. The molecule has 0 radical (unpaired) electrons. The molecule has 1 aromatic carbocycles. The quantitative estimate of drug-likeness (QED) is 0.912. The van der Waals surface area contributed by atoms with Crippen LogP contribution in [0.5, 0.6) is 0 Å². The maximum atomic E-state index is 13.6. The third-order valence-electron chi connectivity index (χ3n) is 2.11. The Balaban J connectivity index is 2.33. The number of halogens is 2. The first-order valence-electron chi connectivity index (χ1n) is 4.87. The summed E-state index contributed by atoms with van der Waals surface area (Å²) in [6.45, 7) is -0.381. The molecule has 0 aliphatic carbocycles. The zero-order valence-corrected chi connectivity index (χ0v) is 9.55. The van der Waals surface area contributed by atoms with E-state index in [0.717, 1.165) is 23.9 Å². The Morgan fingerprint density at radius 3 is 2.24 bits per heavy atom. The summed E-state index contributed by atoms with van der Waals surface area (Å²) in [7, 11) is 0. The lowest BCUT2D eigenvalue weighted by atomic mass is 10.2. The van der Waals surface area contributed by atoms with Crippen LogP contribution in [0, 0.1) is 11.6 Å². The number of nitrogens with zero attached hydrogens (tertiary/aromatic N) is 1. The van der Waals surface area contributed by atoms with E-state index in [1.54, 1.807) is 24.5 Å². The van der Waals surface area contributed by atoms with Crippen molar-refractivity contribution in [1.29, 1.82) is 0 Å². The Labute approximate surface area is 101 Å². The van der Waals surface area contributed by atoms with Gasteiger partial charge in [0, 0.05) is 17.3 Å². The molecule has 1 heterocycles. The van der Waals surface area contributed by atoms with Crippen LogP contribution in [-0.2, 0) is 6.61 Å². The van der Waals surface area contributed by atoms with Crippen molar-refractivity contribution in [2.45, 2.75) is 16.4 Å². The minimum absolute atomic E-state index is 0.0756. The normalized spacial score (nSPS) is 10.5. The molecule has 0 saturated carbocycles. The molecule has 0 amide bonds. The van der Waals surface area contributed by atoms with Crippen LogP contribution in [0.4, 0.5) is 8.78 Å². The topological polar surface area (TPSA) is 33.1 Å². The molecule has 0 saturated heterocycles. The molecule has 0 fully saturated rings. The zero-order chi connectivity index (χ0) is 12.3. The van der Waals surface area contributed by atoms with Gasteiger partial charge in [-0.3, -0.25) is 4.98 Å². The molecule has 0 aliphatic heterocycles. The van der Waals surface area contributed by atoms with E-state index < -0.39 is 11.6 Å². The summed E-state index contributed by atoms with van der Waals surface area (Å²) >= 11 is 0.988. The fraction of sp³-hybridized carbons (Fsp3) is 0.0833. The van der Waals surface area contributed by atoms with E-state index in [2.05, 4.69) is 4.98 Å². The Morgan fingerprint density at radius 1 is 1.12 bits per heavy atom. The third-order valence-corrected chi connectivity index (χ3v) is 3.21. The van der Waals surface area contributed by atoms with Gasteiger partial charge in [-0.1, -0.05) is 11.8 Å². The van der Waals surface area contributed by atoms with Crippen molar-refractivity contribution in [3.63, 3.8) is 0 Å². The van der Waals surface area contributed by atoms with Gasteiger partial charge in [0.05, 0.1) is 11.5 Å². The molecule has 2 aromatic rings. The van der Waals surface area contributed by atoms with Crippen molar-refractivity contribution >= 4 is 11.8 Å². The highest BCUT2D eigenvalue weighted by Gasteiger charge is 2.12. The second-order valence-corrected chi connectivity index (χ2v) is 4.42. The maximum Gasteiger partial charge on any atom is 0.140 e. The predicted molar refractivity (Wildman–Crippen MR) is 60.6 cm³/mol. The molecule has 88 valence electrons. The van der Waals surface area contributed by atoms with Crippen LogP contribution >= 0.6 is 11.8 Å². The van der Waals surface area contributed by atoms with E-state index in [1.165, 1.54) is 0 Å². The molecule has 5 heteroatoms. The van der Waals surface area contributed by atoms with E-state index in [0.29, 0.717) is 4.90 Å². The van der Waals surface area contributed by atoms with Crippen molar-refractivity contribution in [1.82, 2.24) is 4.98 Å². The highest BCUT2D eigenvalue weighted by molar-refractivity contribution is 7.99. The van der Waals surface area contributed by atoms with Gasteiger partial charge >= 0.3 is 0 Å². The first-order chi connectivity index (χ1) is 8.20. The summed E-state index contributed by atoms with van der Waals surface area (Å²) in [5.74, 6) is -1.34. The first kappa shape index (κ1) is 12.0. The van der Waals surface area contributed by atoms with Gasteiger partial charge < -0.3 is 5.11 Å². The molecule has 1 aromatic heterocycles. The van der Waals surface area contributed by atoms with Gasteiger partial charge in [0.15, 0.2) is 0 Å². The molecule has 0 unspecified atom stereocenters. The molecular formula is C12H9F2NOS. The number of aliphatic hydroxyl groups is 1. The molecule has 0 atom stereocenters. The summed E-state index contributed by atoms with van der Waals surface area (Å²) < 4.78 is 27.2. The van der Waals surface area contributed by atoms with Crippen molar-refractivity contribution in [2.24, 2.45) is 0 Å². The van der Waals surface area contributed by atoms with Gasteiger partial charge in [0.25, 0.3) is 0 Å². The number of benzene rings is 1. The lowest BCUT2D eigenvalue weighted by molar-refractivity contribution is 0.280. The minimum Gasteiger partial charge on any atom is -0.392 e. The second-order valence-electron chi connectivity index (χ2n) is 3.33. The summed E-state index contributed by atoms with van der Waals surface area (Å²) in [4.78, 5) is 4.45. The van der Waals surface area contributed by atoms with Crippen molar-refractivity contribution in [3.05, 3.63) is 53.9 Å². The monoisotopic (exact) mass is 253 g/mol. The van der Waals surface area contributed by atoms with Crippen LogP contribution in [0.25, 0.3) is 0 Å². The molecular weight excluding hydrogens is 244 g/mol. The average molecular weight is 253 g/mol. The van der Waals surface area contributed by atoms with Gasteiger partial charge in [-0.15, -0.1) is 0 Å². The third kappa shape index (κ3) is 2.81. The van der Waals surface area contributed by atoms with Crippen LogP contribution in [0.1, 0.15) is 5.56 Å². The van der Waals surface area contributed by atoms with E-state index in [9.17, 15) is 8.78 Å². The number of hydrogen-bond donors (Lipinski definition) is 1. The molecule has 2 nitrogen and oxygen atoms in total. The van der Waals surface area contributed by atoms with Gasteiger partial charge in [-0.05, 0) is 29.8 Å². The zero-order valence-electron chi connectivity index (χ0n) is 8.73. The highest BCUT2D eigenvalue weighted by Crippen LogP contribution is 2.32. The van der Waals surface area contributed by atoms with Crippen LogP contribution in [0.3, 0.4) is 0 Å². The van der Waals surface area contributed by atoms with E-state index in [-0.39, 0.29) is 17.1 Å². The first-order valence-corrected chi connectivity index (χ1v) is 5.69. The lowest BCUT2D eigenvalue weighted by Crippen LogP contribution is -1.93. The number of rotatable bonds is 3. The van der Waals surface area contributed by atoms with Crippen LogP contribution < -0.4 is 0 Å². The Morgan fingerprint density at radius 2 is 1.71 bits per heavy atom. The standard InChI is InChI=1S/C12H9F2NOS/c13-10-5-8(7-16)6-11(14)12(10)17-9-1-3-15-4-2-9/h1-6,16H,7H2. The van der Waals surface area contributed by atoms with Gasteiger partial charge in [0.1, 0.15) is 11.6 Å². The molecule has 1 N–H and O–H groups in total. The SMILES string of the molecule is OCc1cc(F)c(Sc2ccncc2)c(F)c1. The average Bonchev–Trinajstić information content (AvgIpc) is 2.35. The van der Waals surface area contributed by atoms with E-state index >= 15 is 0 Å². The van der Waals surface area contributed by atoms with Gasteiger partial charge in [-0.25, -0.2) is 8.78 Å². The molecule has 17 heavy (non-hydrogen) atoms. The van der Waals surface area contributed by atoms with Gasteiger partial charge in [0.2, 0.25) is 0 Å². The minimum atomic E-state index is -0.670. The highest BCUT2D eigenvalue weighted by atomic mass is 32.2. The summed E-state index contributed by atoms with van der Waals surface area (Å²) in [5, 5.41) is 8.82. The Hall–Kier alpha value is -1.46. The Bertz CT molecular complexity index is 496. The molecule has 2 rings (SSSR count). The van der Waals surface area contributed by atoms with Crippen LogP contribution in [0.15, 0.2) is 46.5 Å². The van der Waals surface area contributed by atoms with Crippen molar-refractivity contribution in [3.8, 4) is 0 Å². The fourth-order valence-corrected chi connectivity index (χ4v) is 2.13. The Kier molecular flexibility index (Phi) is 3.71. The fourth-order valence-electron chi connectivity index (χ4n) is 1.33. The van der Waals surface area contributed by atoms with Crippen molar-refractivity contribution in [2.75, 3.05) is 0 Å². The largest absolute Gasteiger partial charge is 0.392 e. The molecule has 0 aliphatic rings. The van der Waals surface area contributed by atoms with E-state index in [1.807, 2.05) is 0 Å². The van der Waals surface area contributed by atoms with E-state index in [4.69, 9.17) is 5.11 Å². The lowest BCUT2D eigenvalue weighted by Gasteiger charge is -2.06. The van der Waals surface area contributed by atoms with Crippen molar-refractivity contribution < 1.29 is 13.9 Å².